The number of benzene rings is 2. The van der Waals surface area contributed by atoms with Gasteiger partial charge in [0, 0.05) is 23.2 Å². The molecule has 5 aromatic rings. The number of hydrogen-bond acceptors (Lipinski definition) is 6. The predicted molar refractivity (Wildman–Crippen MR) is 129 cm³/mol. The first kappa shape index (κ1) is 20.8. The number of amides is 1. The van der Waals surface area contributed by atoms with Gasteiger partial charge in [-0.05, 0) is 24.3 Å². The molecule has 10 heteroatoms. The molecule has 0 spiro atoms. The number of carbonyl (C=O) groups is 1. The third kappa shape index (κ3) is 3.61. The molecule has 0 unspecified atom stereocenters. The number of nitrogens with zero attached hydrogens (tertiary/aromatic N) is 7. The second-order valence-electron chi connectivity index (χ2n) is 7.55. The van der Waals surface area contributed by atoms with Gasteiger partial charge >= 0.3 is 0 Å². The third-order valence-electron chi connectivity index (χ3n) is 5.50. The molecule has 0 saturated heterocycles. The van der Waals surface area contributed by atoms with Crippen LogP contribution >= 0.6 is 0 Å². The van der Waals surface area contributed by atoms with E-state index in [-0.39, 0.29) is 12.2 Å². The Bertz CT molecular complexity index is 1580. The van der Waals surface area contributed by atoms with E-state index in [0.717, 1.165) is 16.5 Å². The van der Waals surface area contributed by atoms with Crippen LogP contribution in [0.1, 0.15) is 0 Å². The summed E-state index contributed by atoms with van der Waals surface area (Å²) in [6, 6.07) is 15.0. The van der Waals surface area contributed by atoms with Crippen molar-refractivity contribution in [1.82, 2.24) is 29.9 Å². The lowest BCUT2D eigenvalue weighted by atomic mass is 10.1. The first-order chi connectivity index (χ1) is 16.6. The molecule has 0 aliphatic carbocycles. The molecule has 0 aliphatic heterocycles. The third-order valence-corrected chi connectivity index (χ3v) is 5.50. The van der Waals surface area contributed by atoms with Crippen LogP contribution in [0.4, 0.5) is 11.5 Å². The van der Waals surface area contributed by atoms with Gasteiger partial charge in [0.25, 0.3) is 5.91 Å². The van der Waals surface area contributed by atoms with Gasteiger partial charge < -0.3 is 10.6 Å². The lowest BCUT2D eigenvalue weighted by molar-refractivity contribution is -0.114. The maximum Gasteiger partial charge on any atom is 0.256 e. The Morgan fingerprint density at radius 3 is 2.82 bits per heavy atom. The molecular weight excluding hydrogens is 430 g/mol. The standard InChI is InChI=1S/C24H19N9O/c1-15(26-2)24(34)32(18-6-4-3-5-7-18)10-11-33-23-20(22(25)27-14-28-23)21(31-33)16-8-9-19-17(12-16)13-29-30-19/h3-9,12-14H,1,10-11H2,(H,29,30)(H2,25,27,28). The normalized spacial score (nSPS) is 10.9. The van der Waals surface area contributed by atoms with Crippen molar-refractivity contribution in [3.8, 4) is 11.3 Å². The van der Waals surface area contributed by atoms with E-state index in [2.05, 4.69) is 31.6 Å². The maximum atomic E-state index is 12.9. The van der Waals surface area contributed by atoms with E-state index in [1.165, 1.54) is 11.2 Å². The van der Waals surface area contributed by atoms with Gasteiger partial charge in [-0.25, -0.2) is 19.5 Å². The molecule has 2 aromatic carbocycles. The number of nitrogens with two attached hydrogens (primary N) is 1. The molecule has 0 bridgehead atoms. The summed E-state index contributed by atoms with van der Waals surface area (Å²) in [5.74, 6) is -0.145. The highest BCUT2D eigenvalue weighted by Crippen LogP contribution is 2.31. The number of rotatable bonds is 6. The number of para-hydroxylation sites is 1. The van der Waals surface area contributed by atoms with Gasteiger partial charge in [0.1, 0.15) is 17.8 Å². The van der Waals surface area contributed by atoms with Crippen molar-refractivity contribution < 1.29 is 4.79 Å². The average molecular weight is 449 g/mol. The minimum absolute atomic E-state index is 0.158. The number of aromatic nitrogens is 6. The van der Waals surface area contributed by atoms with Gasteiger partial charge in [-0.3, -0.25) is 9.89 Å². The minimum Gasteiger partial charge on any atom is -0.383 e. The lowest BCUT2D eigenvalue weighted by Gasteiger charge is -2.22. The van der Waals surface area contributed by atoms with Crippen molar-refractivity contribution in [2.75, 3.05) is 17.2 Å². The molecule has 3 N–H and O–H groups in total. The number of fused-ring (bicyclic) bond motifs is 2. The Balaban J connectivity index is 1.55. The van der Waals surface area contributed by atoms with E-state index < -0.39 is 5.91 Å². The molecule has 3 heterocycles. The molecule has 0 saturated carbocycles. The summed E-state index contributed by atoms with van der Waals surface area (Å²) in [6.45, 7) is 11.3. The van der Waals surface area contributed by atoms with Crippen molar-refractivity contribution in [2.45, 2.75) is 6.54 Å². The van der Waals surface area contributed by atoms with Crippen molar-refractivity contribution >= 4 is 39.3 Å². The van der Waals surface area contributed by atoms with Crippen LogP contribution in [0.5, 0.6) is 0 Å². The van der Waals surface area contributed by atoms with E-state index in [4.69, 9.17) is 17.4 Å². The Hall–Kier alpha value is -5.04. The lowest BCUT2D eigenvalue weighted by Crippen LogP contribution is -2.34. The predicted octanol–water partition coefficient (Wildman–Crippen LogP) is 3.42. The fourth-order valence-electron chi connectivity index (χ4n) is 3.83. The monoisotopic (exact) mass is 449 g/mol. The summed E-state index contributed by atoms with van der Waals surface area (Å²) in [5, 5.41) is 13.4. The van der Waals surface area contributed by atoms with Gasteiger partial charge in [0.05, 0.1) is 30.2 Å². The number of nitrogens with one attached hydrogen (secondary N) is 1. The van der Waals surface area contributed by atoms with E-state index in [1.807, 2.05) is 48.5 Å². The topological polar surface area (TPSA) is 123 Å². The Morgan fingerprint density at radius 2 is 2.03 bits per heavy atom. The molecule has 0 aliphatic rings. The fourth-order valence-corrected chi connectivity index (χ4v) is 3.83. The fraction of sp³-hybridized carbons (Fsp3) is 0.0833. The molecular formula is C24H19N9O. The zero-order valence-corrected chi connectivity index (χ0v) is 18.0. The molecule has 1 amide bonds. The summed E-state index contributed by atoms with van der Waals surface area (Å²) >= 11 is 0. The average Bonchev–Trinajstić information content (AvgIpc) is 3.49. The number of H-pyrrole nitrogens is 1. The van der Waals surface area contributed by atoms with Crippen LogP contribution < -0.4 is 10.6 Å². The van der Waals surface area contributed by atoms with Crippen LogP contribution in [0.25, 0.3) is 38.0 Å². The van der Waals surface area contributed by atoms with Gasteiger partial charge in [-0.15, -0.1) is 0 Å². The summed E-state index contributed by atoms with van der Waals surface area (Å²) in [6.07, 6.45) is 3.13. The highest BCUT2D eigenvalue weighted by atomic mass is 16.2. The molecule has 0 radical (unpaired) electrons. The van der Waals surface area contributed by atoms with Crippen molar-refractivity contribution in [3.63, 3.8) is 0 Å². The van der Waals surface area contributed by atoms with Crippen molar-refractivity contribution in [2.24, 2.45) is 0 Å². The van der Waals surface area contributed by atoms with Crippen molar-refractivity contribution in [3.05, 3.63) is 84.7 Å². The second kappa shape index (κ2) is 8.48. The second-order valence-corrected chi connectivity index (χ2v) is 7.55. The molecule has 0 fully saturated rings. The number of aromatic amines is 1. The summed E-state index contributed by atoms with van der Waals surface area (Å²) < 4.78 is 1.70. The quantitative estimate of drug-likeness (QED) is 0.302. The zero-order valence-electron chi connectivity index (χ0n) is 18.0. The first-order valence-corrected chi connectivity index (χ1v) is 10.4. The van der Waals surface area contributed by atoms with Gasteiger partial charge in [0.2, 0.25) is 5.70 Å². The van der Waals surface area contributed by atoms with Crippen molar-refractivity contribution in [1.29, 1.82) is 0 Å². The highest BCUT2D eigenvalue weighted by Gasteiger charge is 2.21. The van der Waals surface area contributed by atoms with Crippen LogP contribution in [0, 0.1) is 6.57 Å². The molecule has 166 valence electrons. The van der Waals surface area contributed by atoms with Gasteiger partial charge in [-0.1, -0.05) is 30.8 Å². The van der Waals surface area contributed by atoms with Crippen LogP contribution in [-0.4, -0.2) is 42.4 Å². The Kier molecular flexibility index (Phi) is 5.20. The van der Waals surface area contributed by atoms with Gasteiger partial charge in [0.15, 0.2) is 5.65 Å². The highest BCUT2D eigenvalue weighted by molar-refractivity contribution is 6.06. The van der Waals surface area contributed by atoms with E-state index >= 15 is 0 Å². The van der Waals surface area contributed by atoms with Crippen LogP contribution in [0.2, 0.25) is 0 Å². The summed E-state index contributed by atoms with van der Waals surface area (Å²) in [4.78, 5) is 26.1. The number of nitrogen functional groups attached to an aromatic ring is 1. The maximum absolute atomic E-state index is 12.9. The van der Waals surface area contributed by atoms with Crippen LogP contribution in [-0.2, 0) is 11.3 Å². The molecule has 34 heavy (non-hydrogen) atoms. The Morgan fingerprint density at radius 1 is 1.21 bits per heavy atom. The van der Waals surface area contributed by atoms with Gasteiger partial charge in [-0.2, -0.15) is 10.2 Å². The SMILES string of the molecule is [C-]#[N+]C(=C)C(=O)N(CCn1nc(-c2ccc3[nH]ncc3c2)c2c(N)ncnc21)c1ccccc1. The first-order valence-electron chi connectivity index (χ1n) is 10.4. The van der Waals surface area contributed by atoms with E-state index in [1.54, 1.807) is 10.9 Å². The summed E-state index contributed by atoms with van der Waals surface area (Å²) in [5.41, 5.74) is 9.67. The largest absolute Gasteiger partial charge is 0.383 e. The smallest absolute Gasteiger partial charge is 0.256 e. The molecule has 5 rings (SSSR count). The van der Waals surface area contributed by atoms with Crippen LogP contribution in [0.3, 0.4) is 0 Å². The van der Waals surface area contributed by atoms with Crippen LogP contribution in [0.15, 0.2) is 73.3 Å². The Labute approximate surface area is 194 Å². The zero-order chi connectivity index (χ0) is 23.7. The number of anilines is 2. The molecule has 0 atom stereocenters. The van der Waals surface area contributed by atoms with E-state index in [0.29, 0.717) is 34.8 Å². The number of hydrogen-bond donors (Lipinski definition) is 2. The minimum atomic E-state index is -0.461. The van der Waals surface area contributed by atoms with E-state index in [9.17, 15) is 4.79 Å². The number of carbonyl (C=O) groups excluding carboxylic acids is 1. The molecule has 10 nitrogen and oxygen atoms in total. The summed E-state index contributed by atoms with van der Waals surface area (Å²) in [7, 11) is 0. The molecule has 3 aromatic heterocycles.